The molecule has 22 heavy (non-hydrogen) atoms. The molecule has 2 rings (SSSR count). The highest BCUT2D eigenvalue weighted by molar-refractivity contribution is 6.30. The first kappa shape index (κ1) is 16.0. The van der Waals surface area contributed by atoms with Crippen molar-refractivity contribution in [3.63, 3.8) is 0 Å². The lowest BCUT2D eigenvalue weighted by Gasteiger charge is -2.12. The molecule has 2 aromatic heterocycles. The molecular weight excluding hydrogens is 308 g/mol. The lowest BCUT2D eigenvalue weighted by molar-refractivity contribution is -0.123. The zero-order valence-electron chi connectivity index (χ0n) is 12.3. The number of hydrogen-bond donors (Lipinski definition) is 1. The number of aromatic nitrogens is 1. The first-order valence-electron chi connectivity index (χ1n) is 6.57. The van der Waals surface area contributed by atoms with Crippen molar-refractivity contribution in [2.75, 3.05) is 5.32 Å². The van der Waals surface area contributed by atoms with E-state index >= 15 is 0 Å². The van der Waals surface area contributed by atoms with Crippen LogP contribution in [0.15, 0.2) is 28.8 Å². The van der Waals surface area contributed by atoms with Crippen molar-refractivity contribution in [2.24, 2.45) is 0 Å². The maximum absolute atomic E-state index is 12.0. The van der Waals surface area contributed by atoms with Crippen molar-refractivity contribution in [1.82, 2.24) is 4.98 Å². The first-order chi connectivity index (χ1) is 10.4. The number of nitrogens with zero attached hydrogens (tertiary/aromatic N) is 1. The van der Waals surface area contributed by atoms with Gasteiger partial charge in [0, 0.05) is 6.20 Å². The highest BCUT2D eigenvalue weighted by Gasteiger charge is 2.22. The van der Waals surface area contributed by atoms with Gasteiger partial charge in [0.25, 0.3) is 5.91 Å². The maximum Gasteiger partial charge on any atom is 0.342 e. The Morgan fingerprint density at radius 3 is 2.64 bits per heavy atom. The summed E-state index contributed by atoms with van der Waals surface area (Å²) < 4.78 is 10.4. The molecule has 0 bridgehead atoms. The smallest absolute Gasteiger partial charge is 0.342 e. The number of hydrogen-bond acceptors (Lipinski definition) is 5. The van der Waals surface area contributed by atoms with E-state index in [9.17, 15) is 9.59 Å². The fourth-order valence-electron chi connectivity index (χ4n) is 1.79. The van der Waals surface area contributed by atoms with Gasteiger partial charge in [-0.25, -0.2) is 9.78 Å². The van der Waals surface area contributed by atoms with Gasteiger partial charge in [0.2, 0.25) is 0 Å². The Labute approximate surface area is 132 Å². The summed E-state index contributed by atoms with van der Waals surface area (Å²) in [5.74, 6) is 0.288. The molecular formula is C15H15ClN2O4. The van der Waals surface area contributed by atoms with Crippen LogP contribution in [0.3, 0.4) is 0 Å². The second-order valence-electron chi connectivity index (χ2n) is 4.73. The number of ether oxygens (including phenoxy) is 1. The Balaban J connectivity index is 1.97. The zero-order chi connectivity index (χ0) is 16.3. The van der Waals surface area contributed by atoms with Crippen LogP contribution in [0.4, 0.5) is 5.82 Å². The Morgan fingerprint density at radius 1 is 1.36 bits per heavy atom. The molecule has 7 heteroatoms. The van der Waals surface area contributed by atoms with Crippen LogP contribution in [0, 0.1) is 13.8 Å². The van der Waals surface area contributed by atoms with Gasteiger partial charge in [-0.1, -0.05) is 11.6 Å². The number of pyridine rings is 1. The molecule has 6 nitrogen and oxygen atoms in total. The monoisotopic (exact) mass is 322 g/mol. The van der Waals surface area contributed by atoms with E-state index in [0.29, 0.717) is 27.9 Å². The van der Waals surface area contributed by atoms with Crippen LogP contribution in [-0.2, 0) is 9.53 Å². The largest absolute Gasteiger partial charge is 0.466 e. The predicted molar refractivity (Wildman–Crippen MR) is 80.9 cm³/mol. The Kier molecular flexibility index (Phi) is 4.82. The topological polar surface area (TPSA) is 81.4 Å². The average molecular weight is 323 g/mol. The number of amides is 1. The van der Waals surface area contributed by atoms with Crippen LogP contribution >= 0.6 is 11.6 Å². The minimum Gasteiger partial charge on any atom is -0.466 e. The second-order valence-corrected chi connectivity index (χ2v) is 5.16. The molecule has 0 aliphatic heterocycles. The Hall–Kier alpha value is -2.34. The number of esters is 1. The standard InChI is InChI=1S/C15H15ClN2O4/c1-8-6-12(9(2)21-8)15(20)22-10(3)14(19)18-13-5-4-11(16)7-17-13/h4-7,10H,1-3H3,(H,17,18,19)/t10-/m0/s1. The van der Waals surface area contributed by atoms with Gasteiger partial charge >= 0.3 is 5.97 Å². The van der Waals surface area contributed by atoms with Crippen LogP contribution in [0.5, 0.6) is 0 Å². The van der Waals surface area contributed by atoms with Gasteiger partial charge in [0.1, 0.15) is 22.9 Å². The Morgan fingerprint density at radius 2 is 2.09 bits per heavy atom. The van der Waals surface area contributed by atoms with E-state index in [4.69, 9.17) is 20.8 Å². The highest BCUT2D eigenvalue weighted by Crippen LogP contribution is 2.16. The third-order valence-corrected chi connectivity index (χ3v) is 3.12. The second kappa shape index (κ2) is 6.62. The van der Waals surface area contributed by atoms with E-state index < -0.39 is 18.0 Å². The molecule has 116 valence electrons. The summed E-state index contributed by atoms with van der Waals surface area (Å²) in [5.41, 5.74) is 0.307. The quantitative estimate of drug-likeness (QED) is 0.874. The van der Waals surface area contributed by atoms with Crippen molar-refractivity contribution in [1.29, 1.82) is 0 Å². The third kappa shape index (κ3) is 3.85. The molecule has 0 spiro atoms. The van der Waals surface area contributed by atoms with Crippen LogP contribution in [0.1, 0.15) is 28.8 Å². The van der Waals surface area contributed by atoms with E-state index in [-0.39, 0.29) is 0 Å². The van der Waals surface area contributed by atoms with Gasteiger partial charge in [-0.15, -0.1) is 0 Å². The molecule has 0 aromatic carbocycles. The van der Waals surface area contributed by atoms with Crippen LogP contribution in [0.2, 0.25) is 5.02 Å². The van der Waals surface area contributed by atoms with E-state index in [0.717, 1.165) is 0 Å². The van der Waals surface area contributed by atoms with Gasteiger partial charge in [-0.05, 0) is 39.0 Å². The van der Waals surface area contributed by atoms with Crippen molar-refractivity contribution in [2.45, 2.75) is 26.9 Å². The lowest BCUT2D eigenvalue weighted by Crippen LogP contribution is -2.30. The summed E-state index contributed by atoms with van der Waals surface area (Å²) in [5, 5.41) is 3.00. The fourth-order valence-corrected chi connectivity index (χ4v) is 1.90. The zero-order valence-corrected chi connectivity index (χ0v) is 13.1. The van der Waals surface area contributed by atoms with Crippen molar-refractivity contribution < 1.29 is 18.7 Å². The number of rotatable bonds is 4. The normalized spacial score (nSPS) is 11.8. The molecule has 0 radical (unpaired) electrons. The van der Waals surface area contributed by atoms with Gasteiger partial charge in [-0.2, -0.15) is 0 Å². The Bertz CT molecular complexity index is 694. The third-order valence-electron chi connectivity index (χ3n) is 2.89. The van der Waals surface area contributed by atoms with Gasteiger partial charge in [-0.3, -0.25) is 4.79 Å². The number of carbonyl (C=O) groups excluding carboxylic acids is 2. The number of anilines is 1. The van der Waals surface area contributed by atoms with Crippen LogP contribution in [-0.4, -0.2) is 23.0 Å². The number of aryl methyl sites for hydroxylation is 2. The molecule has 1 atom stereocenters. The van der Waals surface area contributed by atoms with Crippen LogP contribution in [0.25, 0.3) is 0 Å². The minimum atomic E-state index is -0.973. The predicted octanol–water partition coefficient (Wildman–Crippen LogP) is 3.13. The van der Waals surface area contributed by atoms with Crippen molar-refractivity contribution in [3.8, 4) is 0 Å². The van der Waals surface area contributed by atoms with E-state index in [2.05, 4.69) is 10.3 Å². The molecule has 1 N–H and O–H groups in total. The van der Waals surface area contributed by atoms with Crippen LogP contribution < -0.4 is 5.32 Å². The van der Waals surface area contributed by atoms with E-state index in [1.54, 1.807) is 32.0 Å². The molecule has 0 aliphatic rings. The summed E-state index contributed by atoms with van der Waals surface area (Å²) in [6.07, 6.45) is 0.436. The molecule has 0 aliphatic carbocycles. The van der Waals surface area contributed by atoms with Gasteiger partial charge < -0.3 is 14.5 Å². The van der Waals surface area contributed by atoms with Crippen molar-refractivity contribution >= 4 is 29.3 Å². The summed E-state index contributed by atoms with van der Waals surface area (Å²) in [6.45, 7) is 4.86. The molecule has 1 amide bonds. The molecule has 0 saturated carbocycles. The average Bonchev–Trinajstić information content (AvgIpc) is 2.80. The maximum atomic E-state index is 12.0. The summed E-state index contributed by atoms with van der Waals surface area (Å²) >= 11 is 5.71. The summed E-state index contributed by atoms with van der Waals surface area (Å²) in [4.78, 5) is 27.9. The minimum absolute atomic E-state index is 0.307. The highest BCUT2D eigenvalue weighted by atomic mass is 35.5. The summed E-state index contributed by atoms with van der Waals surface area (Å²) in [6, 6.07) is 4.72. The molecule has 2 heterocycles. The molecule has 2 aromatic rings. The summed E-state index contributed by atoms with van der Waals surface area (Å²) in [7, 11) is 0. The SMILES string of the molecule is Cc1cc(C(=O)O[C@@H](C)C(=O)Nc2ccc(Cl)cn2)c(C)o1. The number of furan rings is 1. The van der Waals surface area contributed by atoms with E-state index in [1.165, 1.54) is 13.1 Å². The lowest BCUT2D eigenvalue weighted by atomic mass is 10.2. The molecule has 0 unspecified atom stereocenters. The van der Waals surface area contributed by atoms with Gasteiger partial charge in [0.05, 0.1) is 5.02 Å². The van der Waals surface area contributed by atoms with E-state index in [1.807, 2.05) is 0 Å². The fraction of sp³-hybridized carbons (Fsp3) is 0.267. The molecule has 0 saturated heterocycles. The number of halogens is 1. The molecule has 0 fully saturated rings. The first-order valence-corrected chi connectivity index (χ1v) is 6.95. The number of nitrogens with one attached hydrogen (secondary N) is 1. The number of carbonyl (C=O) groups is 2. The van der Waals surface area contributed by atoms with Crippen molar-refractivity contribution in [3.05, 3.63) is 46.5 Å². The van der Waals surface area contributed by atoms with Gasteiger partial charge in [0.15, 0.2) is 6.10 Å².